The van der Waals surface area contributed by atoms with E-state index in [-0.39, 0.29) is 5.75 Å². The van der Waals surface area contributed by atoms with Crippen LogP contribution in [0.15, 0.2) is 36.4 Å². The van der Waals surface area contributed by atoms with Gasteiger partial charge in [0.05, 0.1) is 10.6 Å². The molecule has 3 aromatic rings. The first kappa shape index (κ1) is 17.1. The smallest absolute Gasteiger partial charge is 0.266 e. The van der Waals surface area contributed by atoms with Crippen molar-refractivity contribution in [3.63, 3.8) is 0 Å². The number of amides is 1. The van der Waals surface area contributed by atoms with Crippen LogP contribution in [0.25, 0.3) is 10.6 Å². The number of aryl methyl sites for hydroxylation is 1. The summed E-state index contributed by atoms with van der Waals surface area (Å²) in [4.78, 5) is 14.3. The molecule has 25 heavy (non-hydrogen) atoms. The van der Waals surface area contributed by atoms with E-state index in [9.17, 15) is 13.6 Å². The summed E-state index contributed by atoms with van der Waals surface area (Å²) in [6, 6.07) is 8.77. The molecule has 0 saturated heterocycles. The second-order valence-corrected chi connectivity index (χ2v) is 6.69. The van der Waals surface area contributed by atoms with Gasteiger partial charge in [-0.3, -0.25) is 9.89 Å². The third-order valence-electron chi connectivity index (χ3n) is 3.41. The molecule has 5 nitrogen and oxygen atoms in total. The Morgan fingerprint density at radius 3 is 2.72 bits per heavy atom. The molecule has 0 aliphatic rings. The SMILES string of the molecule is Cc1ccc(-c2cc(NC(=O)C(C)Oc3ccc(F)c(F)c3)n[nH]2)s1. The Morgan fingerprint density at radius 1 is 1.24 bits per heavy atom. The summed E-state index contributed by atoms with van der Waals surface area (Å²) in [6.07, 6.45) is -0.908. The van der Waals surface area contributed by atoms with Crippen LogP contribution in [0.5, 0.6) is 5.75 Å². The van der Waals surface area contributed by atoms with E-state index >= 15 is 0 Å². The molecule has 0 aliphatic heterocycles. The van der Waals surface area contributed by atoms with E-state index in [0.717, 1.165) is 22.7 Å². The van der Waals surface area contributed by atoms with Gasteiger partial charge < -0.3 is 10.1 Å². The first-order valence-electron chi connectivity index (χ1n) is 7.47. The van der Waals surface area contributed by atoms with Crippen LogP contribution in [0, 0.1) is 18.6 Å². The molecular formula is C17H15F2N3O2S. The number of H-pyrrole nitrogens is 1. The lowest BCUT2D eigenvalue weighted by atomic mass is 10.3. The molecule has 1 atom stereocenters. The van der Waals surface area contributed by atoms with Crippen LogP contribution < -0.4 is 10.1 Å². The lowest BCUT2D eigenvalue weighted by Gasteiger charge is -2.13. The van der Waals surface area contributed by atoms with E-state index in [0.29, 0.717) is 5.82 Å². The molecule has 0 fully saturated rings. The molecule has 1 unspecified atom stereocenters. The molecule has 0 saturated carbocycles. The largest absolute Gasteiger partial charge is 0.481 e. The zero-order chi connectivity index (χ0) is 18.0. The van der Waals surface area contributed by atoms with Crippen molar-refractivity contribution in [3.05, 3.63) is 52.9 Å². The van der Waals surface area contributed by atoms with Crippen LogP contribution in [-0.2, 0) is 4.79 Å². The van der Waals surface area contributed by atoms with Gasteiger partial charge >= 0.3 is 0 Å². The van der Waals surface area contributed by atoms with E-state index in [1.165, 1.54) is 17.9 Å². The molecular weight excluding hydrogens is 348 g/mol. The van der Waals surface area contributed by atoms with Gasteiger partial charge in [-0.05, 0) is 38.1 Å². The minimum atomic E-state index is -1.03. The highest BCUT2D eigenvalue weighted by Gasteiger charge is 2.17. The maximum atomic E-state index is 13.2. The molecule has 0 aliphatic carbocycles. The standard InChI is InChI=1S/C17H15F2N3O2S/c1-9-3-6-15(25-9)14-8-16(22-21-14)20-17(23)10(2)24-11-4-5-12(18)13(19)7-11/h3-8,10H,1-2H3,(H2,20,21,22,23). The zero-order valence-corrected chi connectivity index (χ0v) is 14.3. The van der Waals surface area contributed by atoms with Crippen LogP contribution in [0.4, 0.5) is 14.6 Å². The minimum Gasteiger partial charge on any atom is -0.481 e. The molecule has 0 bridgehead atoms. The topological polar surface area (TPSA) is 67.0 Å². The van der Waals surface area contributed by atoms with Gasteiger partial charge in [-0.15, -0.1) is 11.3 Å². The number of anilines is 1. The number of thiophene rings is 1. The lowest BCUT2D eigenvalue weighted by molar-refractivity contribution is -0.122. The number of hydrogen-bond acceptors (Lipinski definition) is 4. The van der Waals surface area contributed by atoms with Crippen LogP contribution in [0.2, 0.25) is 0 Å². The second kappa shape index (κ2) is 7.02. The molecule has 2 N–H and O–H groups in total. The Hall–Kier alpha value is -2.74. The van der Waals surface area contributed by atoms with Crippen molar-refractivity contribution in [3.8, 4) is 16.3 Å². The number of nitrogens with one attached hydrogen (secondary N) is 2. The fourth-order valence-electron chi connectivity index (χ4n) is 2.13. The number of benzene rings is 1. The van der Waals surface area contributed by atoms with Gasteiger partial charge in [0.25, 0.3) is 5.91 Å². The quantitative estimate of drug-likeness (QED) is 0.716. The van der Waals surface area contributed by atoms with Gasteiger partial charge in [0.1, 0.15) is 5.75 Å². The van der Waals surface area contributed by atoms with E-state index in [4.69, 9.17) is 4.74 Å². The van der Waals surface area contributed by atoms with Gasteiger partial charge in [-0.25, -0.2) is 8.78 Å². The van der Waals surface area contributed by atoms with Crippen molar-refractivity contribution in [2.45, 2.75) is 20.0 Å². The highest BCUT2D eigenvalue weighted by Crippen LogP contribution is 2.27. The zero-order valence-electron chi connectivity index (χ0n) is 13.5. The van der Waals surface area contributed by atoms with E-state index in [2.05, 4.69) is 15.5 Å². The van der Waals surface area contributed by atoms with Crippen molar-refractivity contribution in [1.29, 1.82) is 0 Å². The number of ether oxygens (including phenoxy) is 1. The first-order valence-corrected chi connectivity index (χ1v) is 8.29. The molecule has 2 aromatic heterocycles. The summed E-state index contributed by atoms with van der Waals surface area (Å²) in [5, 5.41) is 9.51. The van der Waals surface area contributed by atoms with Gasteiger partial charge in [0.2, 0.25) is 0 Å². The van der Waals surface area contributed by atoms with Crippen LogP contribution in [-0.4, -0.2) is 22.2 Å². The maximum Gasteiger partial charge on any atom is 0.266 e. The molecule has 0 spiro atoms. The van der Waals surface area contributed by atoms with Crippen molar-refractivity contribution < 1.29 is 18.3 Å². The van der Waals surface area contributed by atoms with E-state index in [1.807, 2.05) is 19.1 Å². The molecule has 1 amide bonds. The third-order valence-corrected chi connectivity index (χ3v) is 4.44. The van der Waals surface area contributed by atoms with Crippen molar-refractivity contribution >= 4 is 23.1 Å². The number of halogens is 2. The van der Waals surface area contributed by atoms with Gasteiger partial charge in [-0.2, -0.15) is 5.10 Å². The monoisotopic (exact) mass is 363 g/mol. The Balaban J connectivity index is 1.63. The first-order chi connectivity index (χ1) is 11.9. The van der Waals surface area contributed by atoms with Crippen LogP contribution >= 0.6 is 11.3 Å². The molecule has 1 aromatic carbocycles. The van der Waals surface area contributed by atoms with Gasteiger partial charge in [-0.1, -0.05) is 0 Å². The number of carbonyl (C=O) groups is 1. The van der Waals surface area contributed by atoms with Crippen molar-refractivity contribution in [2.75, 3.05) is 5.32 Å². The third kappa shape index (κ3) is 4.03. The molecule has 3 rings (SSSR count). The minimum absolute atomic E-state index is 0.0679. The van der Waals surface area contributed by atoms with E-state index < -0.39 is 23.6 Å². The second-order valence-electron chi connectivity index (χ2n) is 5.40. The average Bonchev–Trinajstić information content (AvgIpc) is 3.19. The van der Waals surface area contributed by atoms with Gasteiger partial charge in [0.15, 0.2) is 23.6 Å². The van der Waals surface area contributed by atoms with Crippen LogP contribution in [0.3, 0.4) is 0 Å². The summed E-state index contributed by atoms with van der Waals surface area (Å²) in [7, 11) is 0. The summed E-state index contributed by atoms with van der Waals surface area (Å²) < 4.78 is 31.4. The van der Waals surface area contributed by atoms with E-state index in [1.54, 1.807) is 17.4 Å². The molecule has 2 heterocycles. The molecule has 0 radical (unpaired) electrons. The fourth-order valence-corrected chi connectivity index (χ4v) is 2.96. The number of aromatic amines is 1. The van der Waals surface area contributed by atoms with Crippen molar-refractivity contribution in [2.24, 2.45) is 0 Å². The number of rotatable bonds is 5. The number of carbonyl (C=O) groups excluding carboxylic acids is 1. The van der Waals surface area contributed by atoms with Gasteiger partial charge in [0, 0.05) is 17.0 Å². The lowest BCUT2D eigenvalue weighted by Crippen LogP contribution is -2.30. The summed E-state index contributed by atoms with van der Waals surface area (Å²) in [5.41, 5.74) is 0.794. The highest BCUT2D eigenvalue weighted by atomic mass is 32.1. The summed E-state index contributed by atoms with van der Waals surface area (Å²) >= 11 is 1.61. The number of nitrogens with zero attached hydrogens (tertiary/aromatic N) is 1. The normalized spacial score (nSPS) is 12.0. The Morgan fingerprint density at radius 2 is 2.04 bits per heavy atom. The number of aromatic nitrogens is 2. The maximum absolute atomic E-state index is 13.2. The predicted octanol–water partition coefficient (Wildman–Crippen LogP) is 4.13. The van der Waals surface area contributed by atoms with Crippen LogP contribution in [0.1, 0.15) is 11.8 Å². The Labute approximate surface area is 146 Å². The Kier molecular flexibility index (Phi) is 4.80. The average molecular weight is 363 g/mol. The molecule has 130 valence electrons. The number of hydrogen-bond donors (Lipinski definition) is 2. The summed E-state index contributed by atoms with van der Waals surface area (Å²) in [6.45, 7) is 3.51. The molecule has 8 heteroatoms. The fraction of sp³-hybridized carbons (Fsp3) is 0.176. The Bertz CT molecular complexity index is 907. The van der Waals surface area contributed by atoms with Crippen molar-refractivity contribution in [1.82, 2.24) is 10.2 Å². The predicted molar refractivity (Wildman–Crippen MR) is 91.7 cm³/mol. The summed E-state index contributed by atoms with van der Waals surface area (Å²) in [5.74, 6) is -2.04. The highest BCUT2D eigenvalue weighted by molar-refractivity contribution is 7.15.